The average molecular weight is 320 g/mol. The molecule has 2 rings (SSSR count). The minimum atomic E-state index is -0.886. The summed E-state index contributed by atoms with van der Waals surface area (Å²) in [6.07, 6.45) is 8.74. The van der Waals surface area contributed by atoms with Crippen molar-refractivity contribution in [1.82, 2.24) is 0 Å². The van der Waals surface area contributed by atoms with Gasteiger partial charge in [0.05, 0.1) is 0 Å². The third kappa shape index (κ3) is 3.67. The lowest BCUT2D eigenvalue weighted by atomic mass is 9.61. The molecule has 2 aliphatic rings. The van der Waals surface area contributed by atoms with Crippen LogP contribution >= 0.6 is 0 Å². The Hall–Kier alpha value is -1.58. The summed E-state index contributed by atoms with van der Waals surface area (Å²) in [5, 5.41) is 0. The minimum Gasteiger partial charge on any atom is -0.461 e. The highest BCUT2D eigenvalue weighted by molar-refractivity contribution is 5.68. The summed E-state index contributed by atoms with van der Waals surface area (Å²) in [6.45, 7) is 9.22. The smallest absolute Gasteiger partial charge is 0.303 e. The summed E-state index contributed by atoms with van der Waals surface area (Å²) in [6, 6.07) is 0. The van der Waals surface area contributed by atoms with Gasteiger partial charge in [0, 0.05) is 19.3 Å². The first-order valence-electron chi connectivity index (χ1n) is 8.42. The Balaban J connectivity index is 2.36. The van der Waals surface area contributed by atoms with E-state index in [-0.39, 0.29) is 24.0 Å². The van der Waals surface area contributed by atoms with Crippen molar-refractivity contribution in [1.29, 1.82) is 0 Å². The number of carbonyl (C=O) groups is 2. The Bertz CT molecular complexity index is 560. The van der Waals surface area contributed by atoms with E-state index < -0.39 is 5.60 Å². The summed E-state index contributed by atoms with van der Waals surface area (Å²) in [7, 11) is 0. The van der Waals surface area contributed by atoms with Crippen LogP contribution in [0.2, 0.25) is 0 Å². The van der Waals surface area contributed by atoms with Crippen LogP contribution in [0.15, 0.2) is 23.3 Å². The Morgan fingerprint density at radius 1 is 1.30 bits per heavy atom. The number of rotatable bonds is 4. The van der Waals surface area contributed by atoms with Crippen molar-refractivity contribution in [3.8, 4) is 0 Å². The van der Waals surface area contributed by atoms with Gasteiger partial charge in [-0.05, 0) is 44.1 Å². The quantitative estimate of drug-likeness (QED) is 0.581. The van der Waals surface area contributed by atoms with Gasteiger partial charge in [0.15, 0.2) is 5.60 Å². The molecule has 0 aromatic heterocycles. The van der Waals surface area contributed by atoms with Crippen LogP contribution < -0.4 is 0 Å². The van der Waals surface area contributed by atoms with Gasteiger partial charge in [-0.15, -0.1) is 0 Å². The third-order valence-corrected chi connectivity index (χ3v) is 5.44. The largest absolute Gasteiger partial charge is 0.461 e. The molecule has 0 heterocycles. The van der Waals surface area contributed by atoms with E-state index in [2.05, 4.69) is 26.0 Å². The fraction of sp³-hybridized carbons (Fsp3) is 0.684. The SMILES string of the molecule is CC(=O)OCC(C)(OC(C)=O)C1=CC2(C)C(=CCCC2C)CC1. The Kier molecular flexibility index (Phi) is 5.02. The number of allylic oxidation sites excluding steroid dienone is 3. The molecule has 0 aromatic rings. The van der Waals surface area contributed by atoms with Crippen molar-refractivity contribution in [2.45, 2.75) is 65.9 Å². The first kappa shape index (κ1) is 17.8. The molecule has 0 spiro atoms. The van der Waals surface area contributed by atoms with Gasteiger partial charge in [-0.25, -0.2) is 0 Å². The second-order valence-corrected chi connectivity index (χ2v) is 7.26. The maximum atomic E-state index is 11.6. The molecule has 0 radical (unpaired) electrons. The average Bonchev–Trinajstić information content (AvgIpc) is 2.45. The van der Waals surface area contributed by atoms with E-state index in [0.717, 1.165) is 31.3 Å². The summed E-state index contributed by atoms with van der Waals surface area (Å²) >= 11 is 0. The zero-order chi connectivity index (χ0) is 17.3. The molecular formula is C19H28O4. The van der Waals surface area contributed by atoms with Crippen molar-refractivity contribution in [3.63, 3.8) is 0 Å². The Morgan fingerprint density at radius 3 is 2.61 bits per heavy atom. The van der Waals surface area contributed by atoms with Crippen LogP contribution in [-0.4, -0.2) is 24.1 Å². The number of hydrogen-bond acceptors (Lipinski definition) is 4. The zero-order valence-electron chi connectivity index (χ0n) is 14.9. The molecule has 0 N–H and O–H groups in total. The van der Waals surface area contributed by atoms with Gasteiger partial charge < -0.3 is 9.47 Å². The van der Waals surface area contributed by atoms with Crippen LogP contribution in [0.4, 0.5) is 0 Å². The van der Waals surface area contributed by atoms with E-state index in [1.807, 2.05) is 6.92 Å². The number of carbonyl (C=O) groups excluding carboxylic acids is 2. The molecule has 4 nitrogen and oxygen atoms in total. The second kappa shape index (κ2) is 6.50. The topological polar surface area (TPSA) is 52.6 Å². The molecule has 3 unspecified atom stereocenters. The maximum Gasteiger partial charge on any atom is 0.303 e. The highest BCUT2D eigenvalue weighted by Crippen LogP contribution is 2.50. The van der Waals surface area contributed by atoms with Gasteiger partial charge >= 0.3 is 11.9 Å². The summed E-state index contributed by atoms with van der Waals surface area (Å²) in [5.74, 6) is -0.172. The molecule has 2 aliphatic carbocycles. The van der Waals surface area contributed by atoms with E-state index in [0.29, 0.717) is 5.92 Å². The minimum absolute atomic E-state index is 0.00344. The van der Waals surface area contributed by atoms with Gasteiger partial charge in [0.1, 0.15) is 6.61 Å². The molecule has 128 valence electrons. The van der Waals surface area contributed by atoms with Crippen molar-refractivity contribution in [2.75, 3.05) is 6.61 Å². The summed E-state index contributed by atoms with van der Waals surface area (Å²) < 4.78 is 10.8. The third-order valence-electron chi connectivity index (χ3n) is 5.44. The van der Waals surface area contributed by atoms with E-state index in [9.17, 15) is 9.59 Å². The molecular weight excluding hydrogens is 292 g/mol. The summed E-state index contributed by atoms with van der Waals surface area (Å²) in [5.41, 5.74) is 1.66. The van der Waals surface area contributed by atoms with E-state index >= 15 is 0 Å². The number of ether oxygens (including phenoxy) is 2. The number of hydrogen-bond donors (Lipinski definition) is 0. The van der Waals surface area contributed by atoms with Crippen LogP contribution in [0.1, 0.15) is 60.3 Å². The number of fused-ring (bicyclic) bond motifs is 1. The van der Waals surface area contributed by atoms with Crippen LogP contribution in [0.3, 0.4) is 0 Å². The molecule has 23 heavy (non-hydrogen) atoms. The highest BCUT2D eigenvalue weighted by Gasteiger charge is 2.43. The maximum absolute atomic E-state index is 11.6. The molecule has 0 aliphatic heterocycles. The predicted molar refractivity (Wildman–Crippen MR) is 88.7 cm³/mol. The molecule has 0 fully saturated rings. The predicted octanol–water partition coefficient (Wildman–Crippen LogP) is 3.95. The van der Waals surface area contributed by atoms with Crippen molar-refractivity contribution in [3.05, 3.63) is 23.3 Å². The fourth-order valence-electron chi connectivity index (χ4n) is 3.81. The Labute approximate surface area is 138 Å². The zero-order valence-corrected chi connectivity index (χ0v) is 14.9. The van der Waals surface area contributed by atoms with Gasteiger partial charge in [-0.1, -0.05) is 31.6 Å². The standard InChI is InChI=1S/C19H28O4/c1-13-7-6-8-16-9-10-17(11-18(13,16)4)19(5,23-15(3)21)12-22-14(2)20/h8,11,13H,6-7,9-10,12H2,1-5H3. The first-order valence-corrected chi connectivity index (χ1v) is 8.42. The van der Waals surface area contributed by atoms with Gasteiger partial charge in [-0.2, -0.15) is 0 Å². The number of esters is 2. The molecule has 0 aromatic carbocycles. The lowest BCUT2D eigenvalue weighted by Gasteiger charge is -2.45. The van der Waals surface area contributed by atoms with Gasteiger partial charge in [0.25, 0.3) is 0 Å². The van der Waals surface area contributed by atoms with Gasteiger partial charge in [-0.3, -0.25) is 9.59 Å². The highest BCUT2D eigenvalue weighted by atomic mass is 16.6. The molecule has 3 atom stereocenters. The Morgan fingerprint density at radius 2 is 2.00 bits per heavy atom. The van der Waals surface area contributed by atoms with E-state index in [1.165, 1.54) is 19.4 Å². The van der Waals surface area contributed by atoms with Crippen LogP contribution in [0.25, 0.3) is 0 Å². The van der Waals surface area contributed by atoms with Crippen LogP contribution in [0, 0.1) is 11.3 Å². The van der Waals surface area contributed by atoms with Crippen LogP contribution in [0.5, 0.6) is 0 Å². The first-order chi connectivity index (χ1) is 10.7. The summed E-state index contributed by atoms with van der Waals surface area (Å²) in [4.78, 5) is 22.8. The van der Waals surface area contributed by atoms with Crippen molar-refractivity contribution < 1.29 is 19.1 Å². The molecule has 4 heteroatoms. The molecule has 0 bridgehead atoms. The molecule has 0 saturated heterocycles. The van der Waals surface area contributed by atoms with Crippen LogP contribution in [-0.2, 0) is 19.1 Å². The molecule has 0 amide bonds. The fourth-order valence-corrected chi connectivity index (χ4v) is 3.81. The lowest BCUT2D eigenvalue weighted by Crippen LogP contribution is -2.42. The monoisotopic (exact) mass is 320 g/mol. The van der Waals surface area contributed by atoms with Gasteiger partial charge in [0.2, 0.25) is 0 Å². The normalized spacial score (nSPS) is 29.5. The van der Waals surface area contributed by atoms with Crippen molar-refractivity contribution in [2.24, 2.45) is 11.3 Å². The van der Waals surface area contributed by atoms with Crippen molar-refractivity contribution >= 4 is 11.9 Å². The second-order valence-electron chi connectivity index (χ2n) is 7.26. The van der Waals surface area contributed by atoms with E-state index in [4.69, 9.17) is 9.47 Å². The lowest BCUT2D eigenvalue weighted by molar-refractivity contribution is -0.163. The van der Waals surface area contributed by atoms with E-state index in [1.54, 1.807) is 0 Å². The molecule has 0 saturated carbocycles.